The molecule has 1 aromatic rings. The largest absolute Gasteiger partial charge is 0.351 e. The molecule has 1 aliphatic carbocycles. The maximum Gasteiger partial charge on any atom is 0.230 e. The molecule has 2 fully saturated rings. The summed E-state index contributed by atoms with van der Waals surface area (Å²) in [5.74, 6) is -0.149. The lowest BCUT2D eigenvalue weighted by Crippen LogP contribution is -2.48. The van der Waals surface area contributed by atoms with Crippen molar-refractivity contribution in [3.63, 3.8) is 0 Å². The summed E-state index contributed by atoms with van der Waals surface area (Å²) in [7, 11) is 0. The fourth-order valence-electron chi connectivity index (χ4n) is 2.84. The molecule has 1 unspecified atom stereocenters. The molecule has 1 aliphatic heterocycles. The fourth-order valence-corrected chi connectivity index (χ4v) is 2.84. The number of rotatable bonds is 3. The van der Waals surface area contributed by atoms with E-state index in [0.717, 1.165) is 44.3 Å². The normalized spacial score (nSPS) is 23.6. The third-order valence-electron chi connectivity index (χ3n) is 4.21. The molecule has 1 aromatic carbocycles. The zero-order chi connectivity index (χ0) is 13.3. The highest BCUT2D eigenvalue weighted by molar-refractivity contribution is 5.91. The lowest BCUT2D eigenvalue weighted by atomic mass is 9.94. The smallest absolute Gasteiger partial charge is 0.230 e. The van der Waals surface area contributed by atoms with Gasteiger partial charge >= 0.3 is 0 Å². The van der Waals surface area contributed by atoms with E-state index in [0.29, 0.717) is 0 Å². The molecule has 2 N–H and O–H groups in total. The van der Waals surface area contributed by atoms with Crippen molar-refractivity contribution in [3.8, 4) is 0 Å². The Labute approximate surface area is 124 Å². The van der Waals surface area contributed by atoms with Gasteiger partial charge in [-0.1, -0.05) is 12.1 Å². The summed E-state index contributed by atoms with van der Waals surface area (Å²) in [6.45, 7) is 1.89. The Kier molecular flexibility index (Phi) is 4.66. The number of hydrogen-bond donors (Lipinski definition) is 2. The summed E-state index contributed by atoms with van der Waals surface area (Å²) in [5.41, 5.74) is 0.542. The Morgan fingerprint density at radius 3 is 2.55 bits per heavy atom. The van der Waals surface area contributed by atoms with Gasteiger partial charge in [0.05, 0.1) is 5.41 Å². The third-order valence-corrected chi connectivity index (χ3v) is 4.21. The van der Waals surface area contributed by atoms with Gasteiger partial charge in [0.15, 0.2) is 0 Å². The van der Waals surface area contributed by atoms with E-state index in [1.165, 1.54) is 12.1 Å². The van der Waals surface area contributed by atoms with E-state index in [2.05, 4.69) is 10.6 Å². The van der Waals surface area contributed by atoms with Crippen molar-refractivity contribution in [2.45, 2.75) is 37.1 Å². The van der Waals surface area contributed by atoms with Crippen LogP contribution in [0.3, 0.4) is 0 Å². The molecule has 3 rings (SSSR count). The van der Waals surface area contributed by atoms with Crippen molar-refractivity contribution in [1.82, 2.24) is 10.6 Å². The molecule has 1 atom stereocenters. The van der Waals surface area contributed by atoms with Gasteiger partial charge in [0.2, 0.25) is 5.91 Å². The van der Waals surface area contributed by atoms with Crippen LogP contribution in [-0.2, 0) is 10.2 Å². The minimum absolute atomic E-state index is 0. The predicted octanol–water partition coefficient (Wildman–Crippen LogP) is 2.15. The fraction of sp³-hybridized carbons (Fsp3) is 0.533. The molecule has 1 heterocycles. The first-order valence-electron chi connectivity index (χ1n) is 6.98. The monoisotopic (exact) mass is 298 g/mol. The van der Waals surface area contributed by atoms with Crippen LogP contribution in [-0.4, -0.2) is 25.0 Å². The average Bonchev–Trinajstić information content (AvgIpc) is 3.22. The summed E-state index contributed by atoms with van der Waals surface area (Å²) < 4.78 is 13.0. The van der Waals surface area contributed by atoms with Crippen LogP contribution in [0.25, 0.3) is 0 Å². The number of benzene rings is 1. The van der Waals surface area contributed by atoms with Crippen LogP contribution in [0, 0.1) is 5.82 Å². The summed E-state index contributed by atoms with van der Waals surface area (Å²) in [5, 5.41) is 6.43. The highest BCUT2D eigenvalue weighted by Gasteiger charge is 2.51. The number of piperidine rings is 1. The second-order valence-corrected chi connectivity index (χ2v) is 5.61. The zero-order valence-corrected chi connectivity index (χ0v) is 12.1. The Morgan fingerprint density at radius 1 is 1.30 bits per heavy atom. The number of amides is 1. The second-order valence-electron chi connectivity index (χ2n) is 5.61. The highest BCUT2D eigenvalue weighted by atomic mass is 35.5. The molecule has 1 saturated heterocycles. The molecule has 1 amide bonds. The molecule has 0 bridgehead atoms. The predicted molar refractivity (Wildman–Crippen MR) is 78.6 cm³/mol. The van der Waals surface area contributed by atoms with Crippen LogP contribution in [0.5, 0.6) is 0 Å². The van der Waals surface area contributed by atoms with Gasteiger partial charge in [0, 0.05) is 12.6 Å². The van der Waals surface area contributed by atoms with Crippen molar-refractivity contribution in [1.29, 1.82) is 0 Å². The maximum atomic E-state index is 13.0. The first kappa shape index (κ1) is 15.3. The number of carbonyl (C=O) groups is 1. The first-order chi connectivity index (χ1) is 9.21. The van der Waals surface area contributed by atoms with Crippen molar-refractivity contribution in [2.75, 3.05) is 13.1 Å². The lowest BCUT2D eigenvalue weighted by molar-refractivity contribution is -0.124. The molecule has 5 heteroatoms. The molecule has 0 spiro atoms. The molecular formula is C15H20ClFN2O. The molecule has 2 aliphatic rings. The second kappa shape index (κ2) is 6.10. The quantitative estimate of drug-likeness (QED) is 0.898. The van der Waals surface area contributed by atoms with Crippen LogP contribution in [0.1, 0.15) is 31.2 Å². The van der Waals surface area contributed by atoms with Gasteiger partial charge in [-0.3, -0.25) is 4.79 Å². The van der Waals surface area contributed by atoms with E-state index in [1.807, 2.05) is 0 Å². The molecule has 1 saturated carbocycles. The van der Waals surface area contributed by atoms with Gasteiger partial charge in [0.1, 0.15) is 5.82 Å². The summed E-state index contributed by atoms with van der Waals surface area (Å²) in [4.78, 5) is 12.4. The van der Waals surface area contributed by atoms with Crippen molar-refractivity contribution < 1.29 is 9.18 Å². The average molecular weight is 299 g/mol. The third kappa shape index (κ3) is 2.96. The van der Waals surface area contributed by atoms with E-state index in [-0.39, 0.29) is 30.2 Å². The van der Waals surface area contributed by atoms with Crippen LogP contribution >= 0.6 is 12.4 Å². The molecule has 20 heavy (non-hydrogen) atoms. The zero-order valence-electron chi connectivity index (χ0n) is 11.3. The number of halogens is 2. The van der Waals surface area contributed by atoms with Crippen molar-refractivity contribution >= 4 is 18.3 Å². The van der Waals surface area contributed by atoms with Crippen LogP contribution in [0.2, 0.25) is 0 Å². The molecular weight excluding hydrogens is 279 g/mol. The van der Waals surface area contributed by atoms with Crippen molar-refractivity contribution in [3.05, 3.63) is 35.6 Å². The van der Waals surface area contributed by atoms with E-state index < -0.39 is 5.41 Å². The first-order valence-corrected chi connectivity index (χ1v) is 6.98. The van der Waals surface area contributed by atoms with E-state index >= 15 is 0 Å². The van der Waals surface area contributed by atoms with Gasteiger partial charge in [-0.25, -0.2) is 4.39 Å². The van der Waals surface area contributed by atoms with Gasteiger partial charge in [-0.2, -0.15) is 0 Å². The van der Waals surface area contributed by atoms with E-state index in [4.69, 9.17) is 0 Å². The van der Waals surface area contributed by atoms with E-state index in [1.54, 1.807) is 12.1 Å². The minimum atomic E-state index is -0.398. The van der Waals surface area contributed by atoms with E-state index in [9.17, 15) is 9.18 Å². The Morgan fingerprint density at radius 2 is 2.00 bits per heavy atom. The molecule has 0 aromatic heterocycles. The van der Waals surface area contributed by atoms with Crippen LogP contribution < -0.4 is 10.6 Å². The maximum absolute atomic E-state index is 13.0. The molecule has 110 valence electrons. The topological polar surface area (TPSA) is 41.1 Å². The summed E-state index contributed by atoms with van der Waals surface area (Å²) in [6, 6.07) is 6.58. The Balaban J connectivity index is 0.00000147. The number of hydrogen-bond acceptors (Lipinski definition) is 2. The van der Waals surface area contributed by atoms with Crippen LogP contribution in [0.4, 0.5) is 4.39 Å². The van der Waals surface area contributed by atoms with Crippen LogP contribution in [0.15, 0.2) is 24.3 Å². The van der Waals surface area contributed by atoms with Gasteiger partial charge < -0.3 is 10.6 Å². The lowest BCUT2D eigenvalue weighted by Gasteiger charge is -2.26. The van der Waals surface area contributed by atoms with Crippen molar-refractivity contribution in [2.24, 2.45) is 0 Å². The van der Waals surface area contributed by atoms with Gasteiger partial charge in [-0.15, -0.1) is 12.4 Å². The Hall–Kier alpha value is -1.13. The molecule has 3 nitrogen and oxygen atoms in total. The van der Waals surface area contributed by atoms with Gasteiger partial charge in [0.25, 0.3) is 0 Å². The highest BCUT2D eigenvalue weighted by Crippen LogP contribution is 2.48. The standard InChI is InChI=1S/C15H19FN2O.ClH/c16-12-5-3-11(4-6-12)15(7-8-15)14(19)18-13-2-1-9-17-10-13;/h3-6,13,17H,1-2,7-10H2,(H,18,19);1H. The van der Waals surface area contributed by atoms with Gasteiger partial charge in [-0.05, 0) is 49.9 Å². The summed E-state index contributed by atoms with van der Waals surface area (Å²) >= 11 is 0. The number of carbonyl (C=O) groups excluding carboxylic acids is 1. The SMILES string of the molecule is Cl.O=C(NC1CCCNC1)C1(c2ccc(F)cc2)CC1. The minimum Gasteiger partial charge on any atom is -0.351 e. The number of nitrogens with one attached hydrogen (secondary N) is 2. The summed E-state index contributed by atoms with van der Waals surface area (Å²) in [6.07, 6.45) is 3.88. The molecule has 0 radical (unpaired) electrons. The Bertz CT molecular complexity index is 467.